The van der Waals surface area contributed by atoms with Gasteiger partial charge in [-0.15, -0.1) is 24.2 Å². The van der Waals surface area contributed by atoms with Crippen LogP contribution in [0.4, 0.5) is 0 Å². The molecule has 1 aromatic rings. The number of fused-ring (bicyclic) bond motifs is 1. The Morgan fingerprint density at radius 3 is 2.83 bits per heavy atom. The molecule has 0 fully saturated rings. The van der Waals surface area contributed by atoms with E-state index < -0.39 is 0 Å². The molecule has 1 aliphatic heterocycles. The Labute approximate surface area is 118 Å². The van der Waals surface area contributed by atoms with Crippen LogP contribution in [-0.4, -0.2) is 23.7 Å². The highest BCUT2D eigenvalue weighted by molar-refractivity contribution is 7.99. The highest BCUT2D eigenvalue weighted by atomic mass is 35.5. The van der Waals surface area contributed by atoms with E-state index in [1.807, 2.05) is 32.0 Å². The molecule has 0 bridgehead atoms. The van der Waals surface area contributed by atoms with Crippen molar-refractivity contribution in [2.75, 3.05) is 12.3 Å². The second-order valence-corrected chi connectivity index (χ2v) is 6.17. The molecule has 1 amide bonds. The van der Waals surface area contributed by atoms with Crippen LogP contribution in [0, 0.1) is 0 Å². The minimum atomic E-state index is -0.360. The van der Waals surface area contributed by atoms with Crippen LogP contribution >= 0.6 is 24.2 Å². The average molecular weight is 287 g/mol. The summed E-state index contributed by atoms with van der Waals surface area (Å²) in [5.41, 5.74) is 6.64. The lowest BCUT2D eigenvalue weighted by Crippen LogP contribution is -2.46. The van der Waals surface area contributed by atoms with Crippen molar-refractivity contribution >= 4 is 30.1 Å². The molecule has 100 valence electrons. The minimum Gasteiger partial charge on any atom is -0.354 e. The third kappa shape index (κ3) is 3.64. The molecule has 0 saturated carbocycles. The third-order valence-corrected chi connectivity index (χ3v) is 3.92. The number of nitrogens with one attached hydrogen (secondary N) is 1. The summed E-state index contributed by atoms with van der Waals surface area (Å²) in [6, 6.07) is 8.10. The van der Waals surface area contributed by atoms with E-state index in [0.29, 0.717) is 6.54 Å². The number of halogens is 1. The second-order valence-electron chi connectivity index (χ2n) is 5.11. The molecule has 0 aromatic heterocycles. The normalized spacial score (nSPS) is 17.8. The van der Waals surface area contributed by atoms with Crippen LogP contribution in [-0.2, 0) is 4.79 Å². The van der Waals surface area contributed by atoms with Crippen LogP contribution < -0.4 is 11.1 Å². The second kappa shape index (κ2) is 5.95. The number of rotatable bonds is 3. The van der Waals surface area contributed by atoms with Crippen molar-refractivity contribution in [1.82, 2.24) is 5.32 Å². The summed E-state index contributed by atoms with van der Waals surface area (Å²) >= 11 is 1.75. The van der Waals surface area contributed by atoms with Crippen molar-refractivity contribution in [1.29, 1.82) is 0 Å². The Hall–Kier alpha value is -0.710. The molecule has 0 aliphatic carbocycles. The molecule has 0 radical (unpaired) electrons. The zero-order chi connectivity index (χ0) is 12.5. The summed E-state index contributed by atoms with van der Waals surface area (Å²) < 4.78 is 0. The SMILES string of the molecule is CC(C)(N)CNC(=O)C1CSc2ccccc21.Cl. The van der Waals surface area contributed by atoms with E-state index in [0.717, 1.165) is 11.3 Å². The van der Waals surface area contributed by atoms with Crippen LogP contribution in [0.2, 0.25) is 0 Å². The van der Waals surface area contributed by atoms with E-state index in [-0.39, 0.29) is 29.8 Å². The molecule has 2 rings (SSSR count). The predicted molar refractivity (Wildman–Crippen MR) is 78.4 cm³/mol. The Bertz CT molecular complexity index is 431. The zero-order valence-corrected chi connectivity index (χ0v) is 12.2. The molecule has 1 unspecified atom stereocenters. The zero-order valence-electron chi connectivity index (χ0n) is 10.6. The van der Waals surface area contributed by atoms with Gasteiger partial charge in [0.15, 0.2) is 0 Å². The molecule has 0 saturated heterocycles. The summed E-state index contributed by atoms with van der Waals surface area (Å²) in [6.07, 6.45) is 0. The molecule has 1 aromatic carbocycles. The van der Waals surface area contributed by atoms with Gasteiger partial charge in [-0.25, -0.2) is 0 Å². The summed E-state index contributed by atoms with van der Waals surface area (Å²) in [4.78, 5) is 13.3. The number of thioether (sulfide) groups is 1. The Morgan fingerprint density at radius 2 is 2.17 bits per heavy atom. The lowest BCUT2D eigenvalue weighted by Gasteiger charge is -2.20. The fourth-order valence-corrected chi connectivity index (χ4v) is 3.05. The van der Waals surface area contributed by atoms with Gasteiger partial charge >= 0.3 is 0 Å². The van der Waals surface area contributed by atoms with E-state index in [2.05, 4.69) is 11.4 Å². The topological polar surface area (TPSA) is 55.1 Å². The highest BCUT2D eigenvalue weighted by Gasteiger charge is 2.29. The molecule has 1 atom stereocenters. The van der Waals surface area contributed by atoms with Crippen LogP contribution in [0.1, 0.15) is 25.3 Å². The standard InChI is InChI=1S/C13H18N2OS.ClH/c1-13(2,14)8-15-12(16)10-7-17-11-6-4-3-5-9(10)11;/h3-6,10H,7-8,14H2,1-2H3,(H,15,16);1H. The van der Waals surface area contributed by atoms with Gasteiger partial charge in [-0.05, 0) is 25.5 Å². The maximum atomic E-state index is 12.1. The van der Waals surface area contributed by atoms with E-state index in [1.54, 1.807) is 11.8 Å². The molecule has 3 N–H and O–H groups in total. The highest BCUT2D eigenvalue weighted by Crippen LogP contribution is 2.39. The number of carbonyl (C=O) groups is 1. The number of hydrogen-bond donors (Lipinski definition) is 2. The number of benzene rings is 1. The average Bonchev–Trinajstić information content (AvgIpc) is 2.68. The quantitative estimate of drug-likeness (QED) is 0.895. The first-order chi connectivity index (χ1) is 7.97. The first-order valence-electron chi connectivity index (χ1n) is 5.76. The van der Waals surface area contributed by atoms with Gasteiger partial charge in [0.25, 0.3) is 0 Å². The monoisotopic (exact) mass is 286 g/mol. The molecule has 5 heteroatoms. The fourth-order valence-electron chi connectivity index (χ4n) is 1.82. The predicted octanol–water partition coefficient (Wildman–Crippen LogP) is 2.15. The van der Waals surface area contributed by atoms with Gasteiger partial charge in [-0.3, -0.25) is 4.79 Å². The smallest absolute Gasteiger partial charge is 0.228 e. The van der Waals surface area contributed by atoms with E-state index in [9.17, 15) is 4.79 Å². The lowest BCUT2D eigenvalue weighted by atomic mass is 10.00. The number of nitrogens with two attached hydrogens (primary N) is 1. The minimum absolute atomic E-state index is 0. The van der Waals surface area contributed by atoms with Crippen molar-refractivity contribution in [3.05, 3.63) is 29.8 Å². The van der Waals surface area contributed by atoms with Gasteiger partial charge in [0.05, 0.1) is 5.92 Å². The molecule has 1 aliphatic rings. The van der Waals surface area contributed by atoms with E-state index in [1.165, 1.54) is 4.90 Å². The Kier molecular flexibility index (Phi) is 5.08. The van der Waals surface area contributed by atoms with Crippen LogP contribution in [0.5, 0.6) is 0 Å². The maximum absolute atomic E-state index is 12.1. The first kappa shape index (κ1) is 15.3. The first-order valence-corrected chi connectivity index (χ1v) is 6.74. The third-order valence-electron chi connectivity index (χ3n) is 2.73. The molecule has 0 spiro atoms. The maximum Gasteiger partial charge on any atom is 0.228 e. The van der Waals surface area contributed by atoms with Gasteiger partial charge in [0.1, 0.15) is 0 Å². The van der Waals surface area contributed by atoms with Crippen molar-refractivity contribution in [2.24, 2.45) is 5.73 Å². The van der Waals surface area contributed by atoms with Crippen LogP contribution in [0.25, 0.3) is 0 Å². The van der Waals surface area contributed by atoms with Crippen molar-refractivity contribution < 1.29 is 4.79 Å². The molecule has 1 heterocycles. The molecular formula is C13H19ClN2OS. The van der Waals surface area contributed by atoms with Gasteiger partial charge in [-0.2, -0.15) is 0 Å². The van der Waals surface area contributed by atoms with E-state index >= 15 is 0 Å². The largest absolute Gasteiger partial charge is 0.354 e. The number of carbonyl (C=O) groups excluding carboxylic acids is 1. The van der Waals surface area contributed by atoms with Gasteiger partial charge in [0, 0.05) is 22.7 Å². The fraction of sp³-hybridized carbons (Fsp3) is 0.462. The molecule has 3 nitrogen and oxygen atoms in total. The van der Waals surface area contributed by atoms with Crippen molar-refractivity contribution in [3.63, 3.8) is 0 Å². The Balaban J connectivity index is 0.00000162. The molecule has 18 heavy (non-hydrogen) atoms. The molecular weight excluding hydrogens is 268 g/mol. The van der Waals surface area contributed by atoms with E-state index in [4.69, 9.17) is 5.73 Å². The van der Waals surface area contributed by atoms with Gasteiger partial charge < -0.3 is 11.1 Å². The van der Waals surface area contributed by atoms with Gasteiger partial charge in [0.2, 0.25) is 5.91 Å². The van der Waals surface area contributed by atoms with Crippen molar-refractivity contribution in [2.45, 2.75) is 30.2 Å². The summed E-state index contributed by atoms with van der Waals surface area (Å²) in [7, 11) is 0. The summed E-state index contributed by atoms with van der Waals surface area (Å²) in [5.74, 6) is 0.885. The van der Waals surface area contributed by atoms with Crippen LogP contribution in [0.3, 0.4) is 0 Å². The number of hydrogen-bond acceptors (Lipinski definition) is 3. The summed E-state index contributed by atoms with van der Waals surface area (Å²) in [5, 5.41) is 2.93. The van der Waals surface area contributed by atoms with Crippen LogP contribution in [0.15, 0.2) is 29.2 Å². The summed E-state index contributed by atoms with van der Waals surface area (Å²) in [6.45, 7) is 4.32. The number of amides is 1. The lowest BCUT2D eigenvalue weighted by molar-refractivity contribution is -0.122. The van der Waals surface area contributed by atoms with Gasteiger partial charge in [-0.1, -0.05) is 18.2 Å². The van der Waals surface area contributed by atoms with Crippen molar-refractivity contribution in [3.8, 4) is 0 Å². The Morgan fingerprint density at radius 1 is 1.50 bits per heavy atom.